The molecule has 0 aliphatic carbocycles. The SMILES string of the molecule is CC(C)(CC(=O)O)Cc1ccc(OCCCNc2ccccn2)cc1C#N.O=C(O)C(F)(F)F. The lowest BCUT2D eigenvalue weighted by Crippen LogP contribution is -2.21. The Hall–Kier alpha value is -3.81. The molecule has 11 heteroatoms. The summed E-state index contributed by atoms with van der Waals surface area (Å²) >= 11 is 0. The number of anilines is 1. The van der Waals surface area contributed by atoms with Gasteiger partial charge < -0.3 is 20.3 Å². The van der Waals surface area contributed by atoms with E-state index in [0.717, 1.165) is 24.3 Å². The predicted molar refractivity (Wildman–Crippen MR) is 117 cm³/mol. The van der Waals surface area contributed by atoms with Crippen molar-refractivity contribution in [3.63, 3.8) is 0 Å². The number of benzene rings is 1. The Bertz CT molecular complexity index is 990. The molecule has 3 N–H and O–H groups in total. The van der Waals surface area contributed by atoms with E-state index in [1.54, 1.807) is 12.3 Å². The molecular formula is C23H26F3N3O5. The fourth-order valence-electron chi connectivity index (χ4n) is 2.84. The number of hydrogen-bond donors (Lipinski definition) is 3. The molecule has 0 spiro atoms. The maximum Gasteiger partial charge on any atom is 0.490 e. The fraction of sp³-hybridized carbons (Fsp3) is 0.391. The number of halogens is 3. The molecule has 0 bridgehead atoms. The number of nitriles is 1. The van der Waals surface area contributed by atoms with E-state index in [0.29, 0.717) is 24.3 Å². The standard InChI is InChI=1S/C21H25N3O3.C2HF3O2/c1-21(2,14-20(25)26)13-16-7-8-18(12-17(16)15-22)27-11-5-10-24-19-6-3-4-9-23-19;3-2(4,5)1(6)7/h3-4,6-9,12H,5,10-11,13-14H2,1-2H3,(H,23,24)(H,25,26);(H,6,7). The number of nitrogens with zero attached hydrogens (tertiary/aromatic N) is 2. The fourth-order valence-corrected chi connectivity index (χ4v) is 2.84. The van der Waals surface area contributed by atoms with Gasteiger partial charge in [0.1, 0.15) is 11.6 Å². The van der Waals surface area contributed by atoms with Gasteiger partial charge in [-0.25, -0.2) is 9.78 Å². The molecule has 184 valence electrons. The van der Waals surface area contributed by atoms with Gasteiger partial charge in [0.05, 0.1) is 24.7 Å². The predicted octanol–water partition coefficient (Wildman–Crippen LogP) is 4.51. The number of alkyl halides is 3. The molecule has 0 aliphatic heterocycles. The first-order valence-corrected chi connectivity index (χ1v) is 10.2. The normalized spacial score (nSPS) is 10.9. The van der Waals surface area contributed by atoms with Crippen molar-refractivity contribution >= 4 is 17.8 Å². The summed E-state index contributed by atoms with van der Waals surface area (Å²) in [6, 6.07) is 13.3. The lowest BCUT2D eigenvalue weighted by Gasteiger charge is -2.23. The molecule has 0 fully saturated rings. The van der Waals surface area contributed by atoms with Crippen molar-refractivity contribution in [2.45, 2.75) is 39.3 Å². The molecule has 1 heterocycles. The Balaban J connectivity index is 0.000000718. The van der Waals surface area contributed by atoms with Gasteiger partial charge in [0.15, 0.2) is 0 Å². The van der Waals surface area contributed by atoms with Crippen LogP contribution in [0.15, 0.2) is 42.6 Å². The van der Waals surface area contributed by atoms with Crippen LogP contribution >= 0.6 is 0 Å². The Morgan fingerprint density at radius 3 is 2.38 bits per heavy atom. The van der Waals surface area contributed by atoms with E-state index in [4.69, 9.17) is 19.7 Å². The minimum Gasteiger partial charge on any atom is -0.493 e. The highest BCUT2D eigenvalue weighted by Crippen LogP contribution is 2.29. The first-order chi connectivity index (χ1) is 15.8. The van der Waals surface area contributed by atoms with Crippen LogP contribution in [0.3, 0.4) is 0 Å². The van der Waals surface area contributed by atoms with E-state index in [1.165, 1.54) is 0 Å². The molecule has 34 heavy (non-hydrogen) atoms. The molecule has 0 atom stereocenters. The van der Waals surface area contributed by atoms with E-state index >= 15 is 0 Å². The summed E-state index contributed by atoms with van der Waals surface area (Å²) in [5, 5.41) is 28.8. The third kappa shape index (κ3) is 11.2. The average Bonchev–Trinajstić information content (AvgIpc) is 2.73. The van der Waals surface area contributed by atoms with Crippen molar-refractivity contribution in [1.82, 2.24) is 4.98 Å². The number of rotatable bonds is 10. The number of pyridine rings is 1. The summed E-state index contributed by atoms with van der Waals surface area (Å²) < 4.78 is 37.5. The van der Waals surface area contributed by atoms with Gasteiger partial charge in [0.2, 0.25) is 0 Å². The van der Waals surface area contributed by atoms with Gasteiger partial charge in [-0.3, -0.25) is 4.79 Å². The van der Waals surface area contributed by atoms with Gasteiger partial charge >= 0.3 is 18.1 Å². The van der Waals surface area contributed by atoms with Crippen LogP contribution in [0.5, 0.6) is 5.75 Å². The minimum absolute atomic E-state index is 0.0550. The minimum atomic E-state index is -5.08. The number of hydrogen-bond acceptors (Lipinski definition) is 6. The second-order valence-corrected chi connectivity index (χ2v) is 7.99. The molecule has 2 rings (SSSR count). The van der Waals surface area contributed by atoms with Crippen LogP contribution in [0.2, 0.25) is 0 Å². The van der Waals surface area contributed by atoms with Gasteiger partial charge in [-0.1, -0.05) is 26.0 Å². The van der Waals surface area contributed by atoms with Crippen LogP contribution in [-0.2, 0) is 16.0 Å². The Morgan fingerprint density at radius 2 is 1.85 bits per heavy atom. The summed E-state index contributed by atoms with van der Waals surface area (Å²) in [4.78, 5) is 24.1. The molecule has 0 unspecified atom stereocenters. The van der Waals surface area contributed by atoms with Gasteiger partial charge in [0, 0.05) is 12.7 Å². The molecule has 0 aliphatic rings. The van der Waals surface area contributed by atoms with Crippen molar-refractivity contribution in [2.24, 2.45) is 5.41 Å². The molecule has 8 nitrogen and oxygen atoms in total. The van der Waals surface area contributed by atoms with E-state index in [-0.39, 0.29) is 6.42 Å². The second kappa shape index (κ2) is 13.0. The molecule has 0 saturated heterocycles. The first kappa shape index (κ1) is 28.2. The van der Waals surface area contributed by atoms with E-state index in [2.05, 4.69) is 16.4 Å². The van der Waals surface area contributed by atoms with Gasteiger partial charge in [-0.2, -0.15) is 18.4 Å². The maximum atomic E-state index is 11.0. The number of carboxylic acids is 2. The molecule has 2 aromatic rings. The lowest BCUT2D eigenvalue weighted by atomic mass is 9.81. The quantitative estimate of drug-likeness (QED) is 0.422. The Kier molecular flexibility index (Phi) is 10.8. The van der Waals surface area contributed by atoms with Crippen LogP contribution in [0.1, 0.15) is 37.8 Å². The molecule has 0 amide bonds. The van der Waals surface area contributed by atoms with Crippen LogP contribution in [0.25, 0.3) is 0 Å². The van der Waals surface area contributed by atoms with Crippen LogP contribution < -0.4 is 10.1 Å². The zero-order valence-electron chi connectivity index (χ0n) is 18.7. The van der Waals surface area contributed by atoms with Gasteiger partial charge in [0.25, 0.3) is 0 Å². The molecule has 1 aromatic heterocycles. The highest BCUT2D eigenvalue weighted by atomic mass is 19.4. The number of aromatic nitrogens is 1. The number of ether oxygens (including phenoxy) is 1. The zero-order chi connectivity index (χ0) is 25.8. The van der Waals surface area contributed by atoms with E-state index in [9.17, 15) is 23.2 Å². The number of carbonyl (C=O) groups is 2. The summed E-state index contributed by atoms with van der Waals surface area (Å²) in [7, 11) is 0. The average molecular weight is 481 g/mol. The Labute approximate surface area is 195 Å². The zero-order valence-corrected chi connectivity index (χ0v) is 18.7. The highest BCUT2D eigenvalue weighted by molar-refractivity contribution is 5.73. The topological polar surface area (TPSA) is 133 Å². The van der Waals surface area contributed by atoms with E-state index in [1.807, 2.05) is 44.2 Å². The summed E-state index contributed by atoms with van der Waals surface area (Å²) in [6.07, 6.45) is -1.97. The van der Waals surface area contributed by atoms with Crippen molar-refractivity contribution in [2.75, 3.05) is 18.5 Å². The monoisotopic (exact) mass is 481 g/mol. The highest BCUT2D eigenvalue weighted by Gasteiger charge is 2.38. The van der Waals surface area contributed by atoms with Crippen molar-refractivity contribution in [1.29, 1.82) is 5.26 Å². The smallest absolute Gasteiger partial charge is 0.490 e. The van der Waals surface area contributed by atoms with Crippen LogP contribution in [0, 0.1) is 16.7 Å². The molecule has 0 radical (unpaired) electrons. The van der Waals surface area contributed by atoms with Crippen LogP contribution in [0.4, 0.5) is 19.0 Å². The third-order valence-electron chi connectivity index (χ3n) is 4.30. The lowest BCUT2D eigenvalue weighted by molar-refractivity contribution is -0.192. The first-order valence-electron chi connectivity index (χ1n) is 10.2. The van der Waals surface area contributed by atoms with Crippen molar-refractivity contribution in [3.05, 3.63) is 53.7 Å². The van der Waals surface area contributed by atoms with Crippen molar-refractivity contribution < 1.29 is 37.7 Å². The van der Waals surface area contributed by atoms with Gasteiger partial charge in [-0.15, -0.1) is 0 Å². The largest absolute Gasteiger partial charge is 0.493 e. The molecule has 0 saturated carbocycles. The third-order valence-corrected chi connectivity index (χ3v) is 4.30. The molecule has 1 aromatic carbocycles. The summed E-state index contributed by atoms with van der Waals surface area (Å²) in [5.74, 6) is -2.12. The van der Waals surface area contributed by atoms with Crippen LogP contribution in [-0.4, -0.2) is 46.5 Å². The molecular weight excluding hydrogens is 455 g/mol. The number of aliphatic carboxylic acids is 2. The van der Waals surface area contributed by atoms with Gasteiger partial charge in [-0.05, 0) is 48.1 Å². The number of carboxylic acid groups (broad SMARTS) is 2. The maximum absolute atomic E-state index is 11.0. The second-order valence-electron chi connectivity index (χ2n) is 7.99. The van der Waals surface area contributed by atoms with E-state index < -0.39 is 23.5 Å². The summed E-state index contributed by atoms with van der Waals surface area (Å²) in [6.45, 7) is 5.04. The van der Waals surface area contributed by atoms with Crippen molar-refractivity contribution in [3.8, 4) is 11.8 Å². The Morgan fingerprint density at radius 1 is 1.18 bits per heavy atom. The number of nitrogens with one attached hydrogen (secondary N) is 1. The summed E-state index contributed by atoms with van der Waals surface area (Å²) in [5.41, 5.74) is 0.947.